The van der Waals surface area contributed by atoms with E-state index in [0.29, 0.717) is 23.9 Å². The van der Waals surface area contributed by atoms with Gasteiger partial charge in [0.25, 0.3) is 21.8 Å². The van der Waals surface area contributed by atoms with Gasteiger partial charge in [-0.2, -0.15) is 4.98 Å². The summed E-state index contributed by atoms with van der Waals surface area (Å²) < 4.78 is 34.9. The highest BCUT2D eigenvalue weighted by Gasteiger charge is 2.20. The van der Waals surface area contributed by atoms with E-state index in [-0.39, 0.29) is 16.3 Å². The molecule has 2 aromatic heterocycles. The molecule has 0 unspecified atom stereocenters. The largest absolute Gasteiger partial charge is 0.376 e. The molecule has 12 heteroatoms. The van der Waals surface area contributed by atoms with Gasteiger partial charge in [0, 0.05) is 49.7 Å². The van der Waals surface area contributed by atoms with Crippen LogP contribution in [0.3, 0.4) is 0 Å². The minimum absolute atomic E-state index is 0.00282. The van der Waals surface area contributed by atoms with Crippen LogP contribution in [-0.4, -0.2) is 47.6 Å². The molecule has 0 atom stereocenters. The smallest absolute Gasteiger partial charge is 0.265 e. The van der Waals surface area contributed by atoms with Crippen molar-refractivity contribution in [1.29, 1.82) is 0 Å². The van der Waals surface area contributed by atoms with Crippen LogP contribution < -0.4 is 14.9 Å². The molecule has 1 amide bonds. The number of nitrogens with zero attached hydrogens (tertiary/aromatic N) is 5. The number of carbonyl (C=O) groups excluding carboxylic acids is 1. The summed E-state index contributed by atoms with van der Waals surface area (Å²) in [5, 5.41) is 7.71. The third-order valence-electron chi connectivity index (χ3n) is 7.14. The maximum atomic E-state index is 12.8. The molecule has 5 aromatic rings. The summed E-state index contributed by atoms with van der Waals surface area (Å²) in [7, 11) is 0.00321. The molecule has 2 N–H and O–H groups in total. The number of benzene rings is 3. The fourth-order valence-electron chi connectivity index (χ4n) is 4.55. The Labute approximate surface area is 257 Å². The number of hydrogen-bond acceptors (Lipinski definition) is 9. The van der Waals surface area contributed by atoms with Crippen molar-refractivity contribution >= 4 is 27.3 Å². The molecule has 0 radical (unpaired) electrons. The Hall–Kier alpha value is -4.97. The van der Waals surface area contributed by atoms with Gasteiger partial charge in [-0.1, -0.05) is 43.3 Å². The van der Waals surface area contributed by atoms with Crippen LogP contribution in [0.4, 0.5) is 11.4 Å². The highest BCUT2D eigenvalue weighted by atomic mass is 32.2. The van der Waals surface area contributed by atoms with Crippen LogP contribution in [0.2, 0.25) is 0 Å². The Morgan fingerprint density at radius 1 is 1.02 bits per heavy atom. The van der Waals surface area contributed by atoms with Gasteiger partial charge in [-0.25, -0.2) is 18.1 Å². The number of rotatable bonds is 12. The standard InChI is InChI=1S/C32H35N7O4S/c1-22(2)15-17-38(3)28-14-13-23(20-27(28)34-21-29-33-16-18-39(29)4)30-35-32(43-36-30)25-10-8-9-24(19-25)31(40)37-44(41,42)26-11-6-5-7-12-26/h5-14,16,18-20,22,34H,15,17,21H2,1-4H3,(H,37,40). The zero-order valence-corrected chi connectivity index (χ0v) is 25.9. The molecule has 0 saturated carbocycles. The van der Waals surface area contributed by atoms with Crippen LogP contribution in [0, 0.1) is 5.92 Å². The number of nitrogens with one attached hydrogen (secondary N) is 2. The van der Waals surface area contributed by atoms with E-state index in [0.717, 1.165) is 35.7 Å². The summed E-state index contributed by atoms with van der Waals surface area (Å²) in [6, 6.07) is 20.0. The van der Waals surface area contributed by atoms with Crippen LogP contribution in [0.15, 0.2) is 94.6 Å². The van der Waals surface area contributed by atoms with Crippen molar-refractivity contribution in [2.45, 2.75) is 31.7 Å². The summed E-state index contributed by atoms with van der Waals surface area (Å²) in [6.07, 6.45) is 4.73. The quantitative estimate of drug-likeness (QED) is 0.191. The third kappa shape index (κ3) is 7.14. The minimum atomic E-state index is -4.03. The normalized spacial score (nSPS) is 11.5. The summed E-state index contributed by atoms with van der Waals surface area (Å²) in [6.45, 7) is 5.85. The molecule has 3 aromatic carbocycles. The molecule has 44 heavy (non-hydrogen) atoms. The first-order valence-corrected chi connectivity index (χ1v) is 15.7. The molecule has 0 fully saturated rings. The van der Waals surface area contributed by atoms with Crippen LogP contribution in [0.25, 0.3) is 22.8 Å². The first-order chi connectivity index (χ1) is 21.1. The van der Waals surface area contributed by atoms with Gasteiger partial charge in [0.05, 0.1) is 22.8 Å². The van der Waals surface area contributed by atoms with E-state index in [9.17, 15) is 13.2 Å². The van der Waals surface area contributed by atoms with Crippen molar-refractivity contribution in [3.63, 3.8) is 0 Å². The fourth-order valence-corrected chi connectivity index (χ4v) is 5.55. The predicted octanol–water partition coefficient (Wildman–Crippen LogP) is 5.35. The maximum absolute atomic E-state index is 12.8. The number of carbonyl (C=O) groups is 1. The van der Waals surface area contributed by atoms with Crippen LogP contribution in [-0.2, 0) is 23.6 Å². The van der Waals surface area contributed by atoms with E-state index < -0.39 is 15.9 Å². The Morgan fingerprint density at radius 3 is 2.55 bits per heavy atom. The topological polar surface area (TPSA) is 135 Å². The molecule has 2 heterocycles. The molecular formula is C32H35N7O4S. The number of imidazole rings is 1. The fraction of sp³-hybridized carbons (Fsp3) is 0.250. The van der Waals surface area contributed by atoms with Gasteiger partial charge in [-0.05, 0) is 60.9 Å². The molecule has 11 nitrogen and oxygen atoms in total. The van der Waals surface area contributed by atoms with Gasteiger partial charge in [0.15, 0.2) is 0 Å². The lowest BCUT2D eigenvalue weighted by Gasteiger charge is -2.24. The lowest BCUT2D eigenvalue weighted by Crippen LogP contribution is -2.30. The highest BCUT2D eigenvalue weighted by molar-refractivity contribution is 7.90. The maximum Gasteiger partial charge on any atom is 0.265 e. The zero-order valence-electron chi connectivity index (χ0n) is 25.1. The summed E-state index contributed by atoms with van der Waals surface area (Å²) in [4.78, 5) is 24.1. The van der Waals surface area contributed by atoms with Crippen LogP contribution in [0.1, 0.15) is 36.5 Å². The number of amides is 1. The Bertz CT molecular complexity index is 1850. The number of hydrogen-bond donors (Lipinski definition) is 2. The van der Waals surface area contributed by atoms with Crippen LogP contribution >= 0.6 is 0 Å². The second-order valence-electron chi connectivity index (χ2n) is 10.9. The molecule has 0 aliphatic rings. The molecule has 0 aliphatic carbocycles. The van der Waals surface area contributed by atoms with E-state index in [4.69, 9.17) is 4.52 Å². The number of sulfonamides is 1. The van der Waals surface area contributed by atoms with Crippen molar-refractivity contribution < 1.29 is 17.7 Å². The van der Waals surface area contributed by atoms with E-state index in [2.05, 4.69) is 51.0 Å². The lowest BCUT2D eigenvalue weighted by molar-refractivity contribution is 0.0981. The van der Waals surface area contributed by atoms with Gasteiger partial charge in [-0.3, -0.25) is 4.79 Å². The Morgan fingerprint density at radius 2 is 1.82 bits per heavy atom. The molecular weight excluding hydrogens is 578 g/mol. The van der Waals surface area contributed by atoms with Crippen LogP contribution in [0.5, 0.6) is 0 Å². The van der Waals surface area contributed by atoms with E-state index in [1.54, 1.807) is 36.5 Å². The van der Waals surface area contributed by atoms with Crippen molar-refractivity contribution in [2.24, 2.45) is 13.0 Å². The monoisotopic (exact) mass is 613 g/mol. The van der Waals surface area contributed by atoms with Crippen molar-refractivity contribution in [3.8, 4) is 22.8 Å². The van der Waals surface area contributed by atoms with E-state index >= 15 is 0 Å². The molecule has 0 saturated heterocycles. The minimum Gasteiger partial charge on any atom is -0.376 e. The van der Waals surface area contributed by atoms with Gasteiger partial charge in [0.2, 0.25) is 5.82 Å². The van der Waals surface area contributed by atoms with E-state index in [1.807, 2.05) is 36.0 Å². The van der Waals surface area contributed by atoms with Gasteiger partial charge in [0.1, 0.15) is 5.82 Å². The Balaban J connectivity index is 1.38. The third-order valence-corrected chi connectivity index (χ3v) is 8.49. The van der Waals surface area contributed by atoms with Gasteiger partial charge >= 0.3 is 0 Å². The zero-order chi connectivity index (χ0) is 31.3. The molecule has 228 valence electrons. The average molecular weight is 614 g/mol. The van der Waals surface area contributed by atoms with Crippen molar-refractivity contribution in [2.75, 3.05) is 23.8 Å². The van der Waals surface area contributed by atoms with Crippen molar-refractivity contribution in [3.05, 3.63) is 96.6 Å². The molecule has 0 bridgehead atoms. The first kappa shape index (κ1) is 30.5. The summed E-state index contributed by atoms with van der Waals surface area (Å²) in [5.41, 5.74) is 3.30. The number of anilines is 2. The second kappa shape index (κ2) is 13.1. The molecule has 5 rings (SSSR count). The predicted molar refractivity (Wildman–Crippen MR) is 170 cm³/mol. The van der Waals surface area contributed by atoms with E-state index in [1.165, 1.54) is 24.3 Å². The van der Waals surface area contributed by atoms with Gasteiger partial charge in [-0.15, -0.1) is 0 Å². The Kier molecular flexibility index (Phi) is 9.09. The van der Waals surface area contributed by atoms with Gasteiger partial charge < -0.3 is 19.3 Å². The summed E-state index contributed by atoms with van der Waals surface area (Å²) in [5.74, 6) is 1.28. The SMILES string of the molecule is CC(C)CCN(C)c1ccc(-c2noc(-c3cccc(C(=O)NS(=O)(=O)c4ccccc4)c3)n2)cc1NCc1nccn1C. The molecule has 0 aliphatic heterocycles. The average Bonchev–Trinajstić information content (AvgIpc) is 3.68. The van der Waals surface area contributed by atoms with Crippen molar-refractivity contribution in [1.82, 2.24) is 24.4 Å². The number of aromatic nitrogens is 4. The second-order valence-corrected chi connectivity index (χ2v) is 12.6. The first-order valence-electron chi connectivity index (χ1n) is 14.2. The highest BCUT2D eigenvalue weighted by Crippen LogP contribution is 2.32. The number of aryl methyl sites for hydroxylation is 1. The summed E-state index contributed by atoms with van der Waals surface area (Å²) >= 11 is 0. The lowest BCUT2D eigenvalue weighted by atomic mass is 10.1. The molecule has 0 spiro atoms.